The van der Waals surface area contributed by atoms with Crippen molar-refractivity contribution in [2.75, 3.05) is 10.6 Å². The summed E-state index contributed by atoms with van der Waals surface area (Å²) in [7, 11) is 0. The molecule has 0 bridgehead atoms. The van der Waals surface area contributed by atoms with Gasteiger partial charge in [0.1, 0.15) is 23.0 Å². The van der Waals surface area contributed by atoms with Gasteiger partial charge in [-0.25, -0.2) is 9.97 Å². The Morgan fingerprint density at radius 1 is 0.758 bits per heavy atom. The molecule has 9 nitrogen and oxygen atoms in total. The van der Waals surface area contributed by atoms with Crippen molar-refractivity contribution in [3.05, 3.63) is 96.7 Å². The van der Waals surface area contributed by atoms with Crippen LogP contribution < -0.4 is 10.6 Å². The molecule has 4 aromatic heterocycles. The number of hydrogen-bond acceptors (Lipinski definition) is 6. The Morgan fingerprint density at radius 3 is 2.06 bits per heavy atom. The molecule has 0 fully saturated rings. The SMILES string of the molecule is O=C(Nc1ccc(-c2nc3cc(NC(=O)c4ccccn4)ncc3[nH]2)cc1)c1ccccn1. The minimum Gasteiger partial charge on any atom is -0.337 e. The number of pyridine rings is 3. The fourth-order valence-electron chi connectivity index (χ4n) is 3.20. The quantitative estimate of drug-likeness (QED) is 0.384. The van der Waals surface area contributed by atoms with Gasteiger partial charge in [-0.05, 0) is 48.5 Å². The van der Waals surface area contributed by atoms with E-state index in [4.69, 9.17) is 0 Å². The minimum atomic E-state index is -0.346. The summed E-state index contributed by atoms with van der Waals surface area (Å²) in [6, 6.07) is 19.3. The highest BCUT2D eigenvalue weighted by atomic mass is 16.2. The molecule has 0 spiro atoms. The molecule has 5 aromatic rings. The van der Waals surface area contributed by atoms with Gasteiger partial charge < -0.3 is 15.6 Å². The number of aromatic nitrogens is 5. The maximum Gasteiger partial charge on any atom is 0.275 e. The van der Waals surface area contributed by atoms with Crippen molar-refractivity contribution >= 4 is 34.4 Å². The van der Waals surface area contributed by atoms with Gasteiger partial charge in [-0.3, -0.25) is 19.6 Å². The zero-order chi connectivity index (χ0) is 22.6. The third-order valence-corrected chi connectivity index (χ3v) is 4.82. The van der Waals surface area contributed by atoms with Crippen LogP contribution in [-0.2, 0) is 0 Å². The van der Waals surface area contributed by atoms with E-state index < -0.39 is 0 Å². The smallest absolute Gasteiger partial charge is 0.275 e. The molecule has 2 amide bonds. The topological polar surface area (TPSA) is 126 Å². The van der Waals surface area contributed by atoms with Crippen molar-refractivity contribution in [1.82, 2.24) is 24.9 Å². The van der Waals surface area contributed by atoms with Crippen molar-refractivity contribution < 1.29 is 9.59 Å². The predicted octanol–water partition coefficient (Wildman–Crippen LogP) is 3.92. The molecule has 1 aromatic carbocycles. The van der Waals surface area contributed by atoms with E-state index in [0.29, 0.717) is 34.2 Å². The number of anilines is 2. The third-order valence-electron chi connectivity index (χ3n) is 4.82. The number of carbonyl (C=O) groups excluding carboxylic acids is 2. The molecular formula is C24H17N7O2. The van der Waals surface area contributed by atoms with Crippen LogP contribution in [-0.4, -0.2) is 36.7 Å². The largest absolute Gasteiger partial charge is 0.337 e. The predicted molar refractivity (Wildman–Crippen MR) is 124 cm³/mol. The van der Waals surface area contributed by atoms with E-state index in [1.54, 1.807) is 73.2 Å². The number of rotatable bonds is 5. The van der Waals surface area contributed by atoms with E-state index in [9.17, 15) is 9.59 Å². The van der Waals surface area contributed by atoms with Crippen molar-refractivity contribution in [3.63, 3.8) is 0 Å². The normalized spacial score (nSPS) is 10.7. The Balaban J connectivity index is 1.31. The lowest BCUT2D eigenvalue weighted by molar-refractivity contribution is 0.101. The standard InChI is InChI=1S/C24H17N7O2/c32-23(17-5-1-3-11-25-17)28-16-9-7-15(8-10-16)22-29-19-13-21(27-14-20(19)30-22)31-24(33)18-6-2-4-12-26-18/h1-14H,(H,28,32)(H,29,30)(H,27,31,33). The van der Waals surface area contributed by atoms with Gasteiger partial charge in [0.25, 0.3) is 11.8 Å². The summed E-state index contributed by atoms with van der Waals surface area (Å²) in [6.07, 6.45) is 4.74. The molecule has 5 rings (SSSR count). The van der Waals surface area contributed by atoms with Gasteiger partial charge in [0.05, 0.1) is 17.2 Å². The number of nitrogens with zero attached hydrogens (tertiary/aromatic N) is 4. The van der Waals surface area contributed by atoms with Crippen LogP contribution >= 0.6 is 0 Å². The number of nitrogens with one attached hydrogen (secondary N) is 3. The van der Waals surface area contributed by atoms with Gasteiger partial charge >= 0.3 is 0 Å². The minimum absolute atomic E-state index is 0.279. The Kier molecular flexibility index (Phi) is 5.26. The molecule has 4 heterocycles. The second-order valence-electron chi connectivity index (χ2n) is 7.09. The zero-order valence-corrected chi connectivity index (χ0v) is 17.2. The van der Waals surface area contributed by atoms with Crippen LogP contribution in [0.4, 0.5) is 11.5 Å². The van der Waals surface area contributed by atoms with Gasteiger partial charge in [-0.1, -0.05) is 12.1 Å². The molecular weight excluding hydrogens is 418 g/mol. The number of H-pyrrole nitrogens is 1. The van der Waals surface area contributed by atoms with Crippen LogP contribution in [0.2, 0.25) is 0 Å². The number of hydrogen-bond donors (Lipinski definition) is 3. The van der Waals surface area contributed by atoms with Crippen LogP contribution in [0.5, 0.6) is 0 Å². The van der Waals surface area contributed by atoms with Gasteiger partial charge in [0.15, 0.2) is 0 Å². The molecule has 0 atom stereocenters. The molecule has 0 unspecified atom stereocenters. The molecule has 160 valence electrons. The lowest BCUT2D eigenvalue weighted by Gasteiger charge is -2.05. The Labute approximate surface area is 188 Å². The van der Waals surface area contributed by atoms with Gasteiger partial charge in [-0.15, -0.1) is 0 Å². The lowest BCUT2D eigenvalue weighted by Crippen LogP contribution is -2.14. The first-order valence-corrected chi connectivity index (χ1v) is 10.1. The molecule has 9 heteroatoms. The Bertz CT molecular complexity index is 1430. The molecule has 0 radical (unpaired) electrons. The van der Waals surface area contributed by atoms with Gasteiger partial charge in [-0.2, -0.15) is 0 Å². The maximum absolute atomic E-state index is 12.3. The van der Waals surface area contributed by atoms with E-state index in [1.807, 2.05) is 12.1 Å². The summed E-state index contributed by atoms with van der Waals surface area (Å²) >= 11 is 0. The van der Waals surface area contributed by atoms with Crippen molar-refractivity contribution in [3.8, 4) is 11.4 Å². The third kappa shape index (κ3) is 4.42. The molecule has 33 heavy (non-hydrogen) atoms. The van der Waals surface area contributed by atoms with Crippen LogP contribution in [0.1, 0.15) is 21.0 Å². The Hall–Kier alpha value is -4.92. The van der Waals surface area contributed by atoms with Crippen LogP contribution in [0, 0.1) is 0 Å². The molecule has 0 aliphatic heterocycles. The summed E-state index contributed by atoms with van der Waals surface area (Å²) in [5, 5.41) is 5.54. The zero-order valence-electron chi connectivity index (χ0n) is 17.2. The first-order chi connectivity index (χ1) is 16.2. The van der Waals surface area contributed by atoms with Gasteiger partial charge in [0.2, 0.25) is 0 Å². The first-order valence-electron chi connectivity index (χ1n) is 10.1. The molecule has 0 saturated carbocycles. The average Bonchev–Trinajstić information content (AvgIpc) is 3.29. The number of amides is 2. The van der Waals surface area contributed by atoms with Crippen LogP contribution in [0.3, 0.4) is 0 Å². The highest BCUT2D eigenvalue weighted by Gasteiger charge is 2.11. The van der Waals surface area contributed by atoms with Gasteiger partial charge in [0, 0.05) is 29.7 Å². The lowest BCUT2D eigenvalue weighted by atomic mass is 10.2. The van der Waals surface area contributed by atoms with E-state index >= 15 is 0 Å². The second kappa shape index (κ2) is 8.67. The monoisotopic (exact) mass is 435 g/mol. The number of fused-ring (bicyclic) bond motifs is 1. The van der Waals surface area contributed by atoms with E-state index in [0.717, 1.165) is 11.1 Å². The molecule has 0 aliphatic rings. The summed E-state index contributed by atoms with van der Waals surface area (Å²) in [4.78, 5) is 44.7. The summed E-state index contributed by atoms with van der Waals surface area (Å²) < 4.78 is 0. The van der Waals surface area contributed by atoms with E-state index in [-0.39, 0.29) is 11.8 Å². The fourth-order valence-corrected chi connectivity index (χ4v) is 3.20. The fraction of sp³-hybridized carbons (Fsp3) is 0. The second-order valence-corrected chi connectivity index (χ2v) is 7.09. The van der Waals surface area contributed by atoms with Crippen molar-refractivity contribution in [2.24, 2.45) is 0 Å². The summed E-state index contributed by atoms with van der Waals surface area (Å²) in [5.41, 5.74) is 3.51. The van der Waals surface area contributed by atoms with E-state index in [1.165, 1.54) is 0 Å². The molecule has 0 saturated heterocycles. The number of aromatic amines is 1. The Morgan fingerprint density at radius 2 is 1.42 bits per heavy atom. The highest BCUT2D eigenvalue weighted by Crippen LogP contribution is 2.23. The number of benzene rings is 1. The van der Waals surface area contributed by atoms with Crippen molar-refractivity contribution in [1.29, 1.82) is 0 Å². The maximum atomic E-state index is 12.3. The highest BCUT2D eigenvalue weighted by molar-refractivity contribution is 6.03. The first kappa shape index (κ1) is 20.0. The summed E-state index contributed by atoms with van der Waals surface area (Å²) in [5.74, 6) is 0.395. The summed E-state index contributed by atoms with van der Waals surface area (Å²) in [6.45, 7) is 0. The van der Waals surface area contributed by atoms with Crippen LogP contribution in [0.25, 0.3) is 22.4 Å². The number of imidazole rings is 1. The van der Waals surface area contributed by atoms with Crippen LogP contribution in [0.15, 0.2) is 85.3 Å². The molecule has 3 N–H and O–H groups in total. The number of carbonyl (C=O) groups is 2. The molecule has 0 aliphatic carbocycles. The van der Waals surface area contributed by atoms with E-state index in [2.05, 4.69) is 35.6 Å². The average molecular weight is 435 g/mol. The van der Waals surface area contributed by atoms with Crippen molar-refractivity contribution in [2.45, 2.75) is 0 Å².